The van der Waals surface area contributed by atoms with Gasteiger partial charge in [0.1, 0.15) is 0 Å². The Kier molecular flexibility index (Phi) is 3.72. The van der Waals surface area contributed by atoms with E-state index < -0.39 is 0 Å². The van der Waals surface area contributed by atoms with E-state index in [2.05, 4.69) is 5.32 Å². The third kappa shape index (κ3) is 3.77. The first kappa shape index (κ1) is 11.3. The molecule has 86 valence electrons. The van der Waals surface area contributed by atoms with Crippen LogP contribution >= 0.6 is 11.8 Å². The second-order valence-corrected chi connectivity index (χ2v) is 5.16. The molecule has 1 aromatic carbocycles. The van der Waals surface area contributed by atoms with Crippen LogP contribution in [0, 0.1) is 5.92 Å². The Bertz CT molecular complexity index is 377. The number of anilines is 1. The zero-order chi connectivity index (χ0) is 11.4. The summed E-state index contributed by atoms with van der Waals surface area (Å²) in [5.41, 5.74) is 6.40. The zero-order valence-corrected chi connectivity index (χ0v) is 9.93. The van der Waals surface area contributed by atoms with Crippen LogP contribution in [0.3, 0.4) is 0 Å². The molecule has 3 nitrogen and oxygen atoms in total. The van der Waals surface area contributed by atoms with Crippen molar-refractivity contribution in [3.05, 3.63) is 24.3 Å². The maximum atomic E-state index is 11.5. The molecule has 2 rings (SSSR count). The van der Waals surface area contributed by atoms with Crippen LogP contribution in [0.25, 0.3) is 0 Å². The molecule has 0 atom stereocenters. The van der Waals surface area contributed by atoms with Crippen molar-refractivity contribution >= 4 is 23.4 Å². The van der Waals surface area contributed by atoms with Crippen molar-refractivity contribution in [1.29, 1.82) is 0 Å². The summed E-state index contributed by atoms with van der Waals surface area (Å²) >= 11 is 1.52. The molecule has 1 fully saturated rings. The number of carbonyl (C=O) groups is 1. The summed E-state index contributed by atoms with van der Waals surface area (Å²) in [5, 5.41) is 2.94. The molecule has 0 spiro atoms. The van der Waals surface area contributed by atoms with E-state index in [1.807, 2.05) is 24.3 Å². The number of hydrogen-bond donors (Lipinski definition) is 2. The lowest BCUT2D eigenvalue weighted by atomic mass is 10.3. The van der Waals surface area contributed by atoms with Gasteiger partial charge in [-0.2, -0.15) is 0 Å². The molecule has 1 aliphatic carbocycles. The number of benzene rings is 1. The average Bonchev–Trinajstić information content (AvgIpc) is 3.07. The molecule has 0 unspecified atom stereocenters. The lowest BCUT2D eigenvalue weighted by molar-refractivity contribution is -0.118. The highest BCUT2D eigenvalue weighted by atomic mass is 32.2. The molecule has 0 bridgehead atoms. The first-order chi connectivity index (χ1) is 7.74. The molecule has 0 aliphatic heterocycles. The Morgan fingerprint density at radius 1 is 1.50 bits per heavy atom. The molecular weight excluding hydrogens is 220 g/mol. The number of thioether (sulfide) groups is 1. The third-order valence-electron chi connectivity index (χ3n) is 2.51. The molecular formula is C12H16N2OS. The van der Waals surface area contributed by atoms with E-state index in [9.17, 15) is 4.79 Å². The van der Waals surface area contributed by atoms with E-state index in [4.69, 9.17) is 5.73 Å². The summed E-state index contributed by atoms with van der Waals surface area (Å²) < 4.78 is 0. The standard InChI is InChI=1S/C12H16N2OS/c13-10-2-1-3-11(6-10)16-8-12(15)14-7-9-4-5-9/h1-3,6,9H,4-5,7-8,13H2,(H,14,15). The molecule has 1 aromatic rings. The van der Waals surface area contributed by atoms with Crippen LogP contribution in [0.15, 0.2) is 29.2 Å². The van der Waals surface area contributed by atoms with Crippen LogP contribution in [-0.4, -0.2) is 18.2 Å². The van der Waals surface area contributed by atoms with Gasteiger partial charge in [0.25, 0.3) is 0 Å². The second kappa shape index (κ2) is 5.25. The smallest absolute Gasteiger partial charge is 0.230 e. The molecule has 0 heterocycles. The highest BCUT2D eigenvalue weighted by molar-refractivity contribution is 8.00. The summed E-state index contributed by atoms with van der Waals surface area (Å²) in [6, 6.07) is 7.60. The van der Waals surface area contributed by atoms with E-state index in [0.717, 1.165) is 23.0 Å². The number of carbonyl (C=O) groups excluding carboxylic acids is 1. The molecule has 3 N–H and O–H groups in total. The van der Waals surface area contributed by atoms with Gasteiger partial charge in [0.15, 0.2) is 0 Å². The summed E-state index contributed by atoms with van der Waals surface area (Å²) in [4.78, 5) is 12.5. The summed E-state index contributed by atoms with van der Waals surface area (Å²) in [6.45, 7) is 0.844. The van der Waals surface area contributed by atoms with Gasteiger partial charge >= 0.3 is 0 Å². The van der Waals surface area contributed by atoms with Crippen LogP contribution in [0.1, 0.15) is 12.8 Å². The number of amides is 1. The van der Waals surface area contributed by atoms with Crippen molar-refractivity contribution in [2.75, 3.05) is 18.0 Å². The van der Waals surface area contributed by atoms with Gasteiger partial charge in [-0.3, -0.25) is 4.79 Å². The monoisotopic (exact) mass is 236 g/mol. The second-order valence-electron chi connectivity index (χ2n) is 4.11. The first-order valence-corrected chi connectivity index (χ1v) is 6.47. The summed E-state index contributed by atoms with van der Waals surface area (Å²) in [7, 11) is 0. The van der Waals surface area contributed by atoms with Gasteiger partial charge in [-0.25, -0.2) is 0 Å². The highest BCUT2D eigenvalue weighted by Gasteiger charge is 2.21. The molecule has 0 aromatic heterocycles. The third-order valence-corrected chi connectivity index (χ3v) is 3.51. The topological polar surface area (TPSA) is 55.1 Å². The van der Waals surface area contributed by atoms with Gasteiger partial charge in [-0.15, -0.1) is 11.8 Å². The van der Waals surface area contributed by atoms with Crippen LogP contribution in [0.2, 0.25) is 0 Å². The van der Waals surface area contributed by atoms with Crippen molar-refractivity contribution in [1.82, 2.24) is 5.32 Å². The lowest BCUT2D eigenvalue weighted by Crippen LogP contribution is -2.27. The van der Waals surface area contributed by atoms with Crippen molar-refractivity contribution in [2.45, 2.75) is 17.7 Å². The summed E-state index contributed by atoms with van der Waals surface area (Å²) in [6.07, 6.45) is 2.53. The van der Waals surface area contributed by atoms with Gasteiger partial charge in [-0.1, -0.05) is 6.07 Å². The SMILES string of the molecule is Nc1cccc(SCC(=O)NCC2CC2)c1. The lowest BCUT2D eigenvalue weighted by Gasteiger charge is -2.04. The van der Waals surface area contributed by atoms with E-state index in [0.29, 0.717) is 5.75 Å². The molecule has 1 amide bonds. The first-order valence-electron chi connectivity index (χ1n) is 5.49. The van der Waals surface area contributed by atoms with E-state index in [1.165, 1.54) is 24.6 Å². The Labute approximate surface area is 99.8 Å². The van der Waals surface area contributed by atoms with Gasteiger partial charge in [0.2, 0.25) is 5.91 Å². The molecule has 1 saturated carbocycles. The van der Waals surface area contributed by atoms with E-state index >= 15 is 0 Å². The van der Waals surface area contributed by atoms with Gasteiger partial charge in [0, 0.05) is 17.1 Å². The van der Waals surface area contributed by atoms with Crippen molar-refractivity contribution < 1.29 is 4.79 Å². The van der Waals surface area contributed by atoms with Crippen LogP contribution in [0.5, 0.6) is 0 Å². The number of hydrogen-bond acceptors (Lipinski definition) is 3. The van der Waals surface area contributed by atoms with Gasteiger partial charge in [-0.05, 0) is 37.0 Å². The van der Waals surface area contributed by atoms with Gasteiger partial charge in [0.05, 0.1) is 5.75 Å². The largest absolute Gasteiger partial charge is 0.399 e. The Balaban J connectivity index is 1.71. The number of rotatable bonds is 5. The minimum atomic E-state index is 0.110. The molecule has 4 heteroatoms. The summed E-state index contributed by atoms with van der Waals surface area (Å²) in [5.74, 6) is 1.32. The predicted octanol–water partition coefficient (Wildman–Crippen LogP) is 1.89. The van der Waals surface area contributed by atoms with Crippen molar-refractivity contribution in [2.24, 2.45) is 5.92 Å². The van der Waals surface area contributed by atoms with E-state index in [-0.39, 0.29) is 5.91 Å². The number of nitrogens with one attached hydrogen (secondary N) is 1. The normalized spacial score (nSPS) is 14.8. The minimum Gasteiger partial charge on any atom is -0.399 e. The van der Waals surface area contributed by atoms with Crippen LogP contribution in [0.4, 0.5) is 5.69 Å². The fraction of sp³-hybridized carbons (Fsp3) is 0.417. The van der Waals surface area contributed by atoms with Gasteiger partial charge < -0.3 is 11.1 Å². The fourth-order valence-corrected chi connectivity index (χ4v) is 2.18. The quantitative estimate of drug-likeness (QED) is 0.606. The Morgan fingerprint density at radius 2 is 2.31 bits per heavy atom. The zero-order valence-electron chi connectivity index (χ0n) is 9.11. The molecule has 1 aliphatic rings. The minimum absolute atomic E-state index is 0.110. The number of nitrogens with two attached hydrogens (primary N) is 1. The van der Waals surface area contributed by atoms with E-state index in [1.54, 1.807) is 0 Å². The average molecular weight is 236 g/mol. The van der Waals surface area contributed by atoms with Crippen molar-refractivity contribution in [3.8, 4) is 0 Å². The predicted molar refractivity (Wildman–Crippen MR) is 67.3 cm³/mol. The van der Waals surface area contributed by atoms with Crippen LogP contribution in [-0.2, 0) is 4.79 Å². The number of nitrogen functional groups attached to an aromatic ring is 1. The maximum Gasteiger partial charge on any atom is 0.230 e. The Hall–Kier alpha value is -1.16. The Morgan fingerprint density at radius 3 is 3.00 bits per heavy atom. The highest BCUT2D eigenvalue weighted by Crippen LogP contribution is 2.27. The van der Waals surface area contributed by atoms with Crippen LogP contribution < -0.4 is 11.1 Å². The molecule has 16 heavy (non-hydrogen) atoms. The van der Waals surface area contributed by atoms with Crippen molar-refractivity contribution in [3.63, 3.8) is 0 Å². The maximum absolute atomic E-state index is 11.5. The molecule has 0 saturated heterocycles. The molecule has 0 radical (unpaired) electrons. The fourth-order valence-electron chi connectivity index (χ4n) is 1.38.